The fraction of sp³-hybridized carbons (Fsp3) is 0.312. The molecule has 2 aromatic rings. The van der Waals surface area contributed by atoms with E-state index in [-0.39, 0.29) is 23.2 Å². The number of esters is 1. The second-order valence-corrected chi connectivity index (χ2v) is 7.22. The number of hydrogen-bond acceptors (Lipinski definition) is 8. The Kier molecular flexibility index (Phi) is 5.05. The minimum absolute atomic E-state index is 0.00179. The molecule has 0 amide bonds. The molecule has 0 saturated heterocycles. The summed E-state index contributed by atoms with van der Waals surface area (Å²) in [6.45, 7) is 2.52. The monoisotopic (exact) mass is 378 g/mol. The smallest absolute Gasteiger partial charge is 0.358 e. The summed E-state index contributed by atoms with van der Waals surface area (Å²) in [6.07, 6.45) is 1.79. The van der Waals surface area contributed by atoms with E-state index in [1.807, 2.05) is 6.92 Å². The van der Waals surface area contributed by atoms with Crippen molar-refractivity contribution < 1.29 is 22.7 Å². The molecule has 138 valence electrons. The Labute approximate surface area is 150 Å². The van der Waals surface area contributed by atoms with Crippen LogP contribution >= 0.6 is 0 Å². The molecule has 0 unspecified atom stereocenters. The van der Waals surface area contributed by atoms with E-state index >= 15 is 0 Å². The molecule has 0 radical (unpaired) electrons. The number of nitrogens with one attached hydrogen (secondary N) is 1. The van der Waals surface area contributed by atoms with E-state index in [1.54, 1.807) is 12.1 Å². The molecule has 0 saturated carbocycles. The highest BCUT2D eigenvalue weighted by Gasteiger charge is 2.28. The van der Waals surface area contributed by atoms with E-state index in [9.17, 15) is 13.2 Å². The number of aromatic nitrogens is 2. The van der Waals surface area contributed by atoms with Gasteiger partial charge in [-0.3, -0.25) is 0 Å². The molecule has 0 fully saturated rings. The van der Waals surface area contributed by atoms with Crippen molar-refractivity contribution in [1.82, 2.24) is 9.97 Å². The van der Waals surface area contributed by atoms with E-state index in [4.69, 9.17) is 14.6 Å². The maximum Gasteiger partial charge on any atom is 0.358 e. The van der Waals surface area contributed by atoms with Crippen molar-refractivity contribution in [3.63, 3.8) is 0 Å². The fourth-order valence-corrected chi connectivity index (χ4v) is 2.83. The van der Waals surface area contributed by atoms with Gasteiger partial charge in [-0.2, -0.15) is 9.97 Å². The topological polar surface area (TPSA) is 134 Å². The van der Waals surface area contributed by atoms with Crippen molar-refractivity contribution in [2.45, 2.75) is 31.3 Å². The van der Waals surface area contributed by atoms with E-state index in [2.05, 4.69) is 15.3 Å². The molecule has 1 aromatic heterocycles. The standard InChI is InChI=1S/C16H18N4O5S/c1-2-3-8-24-16-19-13-12(9-25-15(13)21)14(20-16)18-10-4-6-11(7-5-10)26(17,22)23/h4-7H,2-3,8-9H2,1H3,(H2,17,22,23)(H,18,19,20). The van der Waals surface area contributed by atoms with Gasteiger partial charge in [-0.15, -0.1) is 0 Å². The van der Waals surface area contributed by atoms with Crippen LogP contribution in [-0.2, 0) is 21.4 Å². The predicted octanol–water partition coefficient (Wildman–Crippen LogP) is 1.72. The SMILES string of the molecule is CCCCOc1nc(Nc2ccc(S(N)(=O)=O)cc2)c2c(n1)C(=O)OC2. The lowest BCUT2D eigenvalue weighted by Gasteiger charge is -2.11. The number of nitrogens with two attached hydrogens (primary N) is 1. The Morgan fingerprint density at radius 2 is 2.00 bits per heavy atom. The molecule has 0 aliphatic carbocycles. The van der Waals surface area contributed by atoms with E-state index in [1.165, 1.54) is 12.1 Å². The van der Waals surface area contributed by atoms with E-state index < -0.39 is 16.0 Å². The number of nitrogens with zero attached hydrogens (tertiary/aromatic N) is 2. The minimum Gasteiger partial charge on any atom is -0.463 e. The van der Waals surface area contributed by atoms with Crippen molar-refractivity contribution >= 4 is 27.5 Å². The summed E-state index contributed by atoms with van der Waals surface area (Å²) >= 11 is 0. The number of ether oxygens (including phenoxy) is 2. The number of benzene rings is 1. The van der Waals surface area contributed by atoms with Gasteiger partial charge in [0.2, 0.25) is 10.0 Å². The van der Waals surface area contributed by atoms with Gasteiger partial charge < -0.3 is 14.8 Å². The van der Waals surface area contributed by atoms with Crippen LogP contribution in [0.4, 0.5) is 11.5 Å². The first-order valence-corrected chi connectivity index (χ1v) is 9.54. The van der Waals surface area contributed by atoms with Gasteiger partial charge in [0.05, 0.1) is 17.1 Å². The highest BCUT2D eigenvalue weighted by Crippen LogP contribution is 2.29. The second-order valence-electron chi connectivity index (χ2n) is 5.65. The predicted molar refractivity (Wildman–Crippen MR) is 92.7 cm³/mol. The number of hydrogen-bond donors (Lipinski definition) is 2. The maximum absolute atomic E-state index is 11.8. The fourth-order valence-electron chi connectivity index (χ4n) is 2.32. The van der Waals surface area contributed by atoms with Crippen LogP contribution in [0.15, 0.2) is 29.2 Å². The van der Waals surface area contributed by atoms with Crippen molar-refractivity contribution in [3.8, 4) is 6.01 Å². The number of sulfonamides is 1. The van der Waals surface area contributed by atoms with Gasteiger partial charge in [-0.1, -0.05) is 13.3 Å². The summed E-state index contributed by atoms with van der Waals surface area (Å²) in [5.41, 5.74) is 1.25. The highest BCUT2D eigenvalue weighted by atomic mass is 32.2. The van der Waals surface area contributed by atoms with Crippen LogP contribution in [-0.4, -0.2) is 31.0 Å². The van der Waals surface area contributed by atoms with Crippen LogP contribution in [0, 0.1) is 0 Å². The van der Waals surface area contributed by atoms with Gasteiger partial charge in [-0.25, -0.2) is 18.4 Å². The summed E-state index contributed by atoms with van der Waals surface area (Å²) in [7, 11) is -3.77. The van der Waals surface area contributed by atoms with Gasteiger partial charge in [0.1, 0.15) is 12.4 Å². The van der Waals surface area contributed by atoms with E-state index in [0.29, 0.717) is 23.7 Å². The zero-order valence-corrected chi connectivity index (χ0v) is 14.9. The van der Waals surface area contributed by atoms with Gasteiger partial charge in [0.25, 0.3) is 0 Å². The number of primary sulfonamides is 1. The summed E-state index contributed by atoms with van der Waals surface area (Å²) in [6, 6.07) is 5.92. The van der Waals surface area contributed by atoms with Crippen molar-refractivity contribution in [3.05, 3.63) is 35.5 Å². The first-order chi connectivity index (χ1) is 12.4. The lowest BCUT2D eigenvalue weighted by molar-refractivity contribution is 0.0530. The Hall–Kier alpha value is -2.72. The number of anilines is 2. The largest absolute Gasteiger partial charge is 0.463 e. The highest BCUT2D eigenvalue weighted by molar-refractivity contribution is 7.89. The molecular formula is C16H18N4O5S. The lowest BCUT2D eigenvalue weighted by atomic mass is 10.2. The van der Waals surface area contributed by atoms with Crippen LogP contribution in [0.2, 0.25) is 0 Å². The first-order valence-electron chi connectivity index (χ1n) is 7.99. The number of carbonyl (C=O) groups excluding carboxylic acids is 1. The Morgan fingerprint density at radius 1 is 1.27 bits per heavy atom. The molecule has 10 heteroatoms. The summed E-state index contributed by atoms with van der Waals surface area (Å²) in [4.78, 5) is 20.2. The Balaban J connectivity index is 1.89. The molecule has 3 N–H and O–H groups in total. The molecule has 1 aromatic carbocycles. The van der Waals surface area contributed by atoms with Crippen molar-refractivity contribution in [2.24, 2.45) is 5.14 Å². The summed E-state index contributed by atoms with van der Waals surface area (Å²) < 4.78 is 33.2. The number of carbonyl (C=O) groups is 1. The van der Waals surface area contributed by atoms with Gasteiger partial charge in [0.15, 0.2) is 5.69 Å². The normalized spacial score (nSPS) is 13.2. The zero-order valence-electron chi connectivity index (χ0n) is 14.1. The number of rotatable bonds is 7. The average molecular weight is 378 g/mol. The molecule has 0 bridgehead atoms. The minimum atomic E-state index is -3.77. The number of fused-ring (bicyclic) bond motifs is 1. The quantitative estimate of drug-likeness (QED) is 0.549. The molecule has 0 spiro atoms. The summed E-state index contributed by atoms with van der Waals surface area (Å²) in [5.74, 6) is -0.161. The summed E-state index contributed by atoms with van der Waals surface area (Å²) in [5, 5.41) is 8.12. The number of cyclic esters (lactones) is 1. The molecule has 1 aliphatic rings. The third kappa shape index (κ3) is 3.92. The molecule has 26 heavy (non-hydrogen) atoms. The first kappa shape index (κ1) is 18.1. The zero-order chi connectivity index (χ0) is 18.7. The molecule has 1 aliphatic heterocycles. The molecule has 9 nitrogen and oxygen atoms in total. The third-order valence-electron chi connectivity index (χ3n) is 3.70. The van der Waals surface area contributed by atoms with Crippen LogP contribution in [0.1, 0.15) is 35.8 Å². The van der Waals surface area contributed by atoms with E-state index in [0.717, 1.165) is 12.8 Å². The van der Waals surface area contributed by atoms with Crippen molar-refractivity contribution in [1.29, 1.82) is 0 Å². The molecule has 2 heterocycles. The number of unbranched alkanes of at least 4 members (excludes halogenated alkanes) is 1. The third-order valence-corrected chi connectivity index (χ3v) is 4.63. The Morgan fingerprint density at radius 3 is 2.65 bits per heavy atom. The molecule has 3 rings (SSSR count). The van der Waals surface area contributed by atoms with Gasteiger partial charge >= 0.3 is 12.0 Å². The van der Waals surface area contributed by atoms with Gasteiger partial charge in [-0.05, 0) is 30.7 Å². The van der Waals surface area contributed by atoms with Crippen LogP contribution in [0.25, 0.3) is 0 Å². The Bertz CT molecular complexity index is 928. The van der Waals surface area contributed by atoms with Crippen LogP contribution < -0.4 is 15.2 Å². The van der Waals surface area contributed by atoms with Crippen LogP contribution in [0.5, 0.6) is 6.01 Å². The van der Waals surface area contributed by atoms with Crippen molar-refractivity contribution in [2.75, 3.05) is 11.9 Å². The average Bonchev–Trinajstić information content (AvgIpc) is 2.96. The molecular weight excluding hydrogens is 360 g/mol. The lowest BCUT2D eigenvalue weighted by Crippen LogP contribution is -2.12. The second kappa shape index (κ2) is 7.26. The van der Waals surface area contributed by atoms with Crippen LogP contribution in [0.3, 0.4) is 0 Å². The molecule has 0 atom stereocenters. The maximum atomic E-state index is 11.8. The van der Waals surface area contributed by atoms with Gasteiger partial charge in [0, 0.05) is 5.69 Å².